The number of hydrogen-bond donors (Lipinski definition) is 2. The number of benzene rings is 1. The molecule has 1 aromatic heterocycles. The molecular weight excluding hydrogens is 258 g/mol. The molecule has 20 heavy (non-hydrogen) atoms. The molecule has 2 N–H and O–H groups in total. The van der Waals surface area contributed by atoms with Crippen molar-refractivity contribution in [2.24, 2.45) is 4.99 Å². The summed E-state index contributed by atoms with van der Waals surface area (Å²) in [5.74, 6) is -0.551. The van der Waals surface area contributed by atoms with E-state index in [4.69, 9.17) is 0 Å². The standard InChI is InChI=1S/C14H11N3O3/c18-12-10(15-14(20)16-12)9-8-5-1-3-7-4-2-6-17(11(7)8)13(9)19/h1,3,5,19H,2,4,6H2,(H,16,18,20). The quantitative estimate of drug-likeness (QED) is 0.819. The maximum atomic E-state index is 11.8. The van der Waals surface area contributed by atoms with Gasteiger partial charge in [-0.3, -0.25) is 10.1 Å². The number of nitrogens with zero attached hydrogens (tertiary/aromatic N) is 2. The maximum Gasteiger partial charge on any atom is 0.348 e. The Kier molecular flexibility index (Phi) is 2.07. The first-order chi connectivity index (χ1) is 9.66. The van der Waals surface area contributed by atoms with Crippen LogP contribution >= 0.6 is 0 Å². The van der Waals surface area contributed by atoms with Gasteiger partial charge in [-0.15, -0.1) is 0 Å². The molecule has 0 saturated heterocycles. The highest BCUT2D eigenvalue weighted by Crippen LogP contribution is 2.37. The van der Waals surface area contributed by atoms with Gasteiger partial charge < -0.3 is 9.67 Å². The van der Waals surface area contributed by atoms with Crippen molar-refractivity contribution in [1.82, 2.24) is 9.88 Å². The molecule has 0 fully saturated rings. The second-order valence-electron chi connectivity index (χ2n) is 4.99. The van der Waals surface area contributed by atoms with Crippen LogP contribution in [0.15, 0.2) is 23.2 Å². The van der Waals surface area contributed by atoms with Gasteiger partial charge >= 0.3 is 6.03 Å². The van der Waals surface area contributed by atoms with Crippen molar-refractivity contribution in [3.05, 3.63) is 29.3 Å². The summed E-state index contributed by atoms with van der Waals surface area (Å²) < 4.78 is 1.79. The molecule has 6 heteroatoms. The molecule has 0 unspecified atom stereocenters. The molecule has 0 radical (unpaired) electrons. The van der Waals surface area contributed by atoms with Gasteiger partial charge in [0.05, 0.1) is 11.1 Å². The van der Waals surface area contributed by atoms with Crippen LogP contribution in [0, 0.1) is 0 Å². The van der Waals surface area contributed by atoms with Crippen LogP contribution in [0.4, 0.5) is 4.79 Å². The zero-order valence-electron chi connectivity index (χ0n) is 10.5. The van der Waals surface area contributed by atoms with Gasteiger partial charge in [0.2, 0.25) is 5.88 Å². The van der Waals surface area contributed by atoms with E-state index in [9.17, 15) is 14.7 Å². The molecule has 3 heterocycles. The molecular formula is C14H11N3O3. The Morgan fingerprint density at radius 2 is 2.15 bits per heavy atom. The van der Waals surface area contributed by atoms with Gasteiger partial charge in [-0.2, -0.15) is 4.99 Å². The summed E-state index contributed by atoms with van der Waals surface area (Å²) in [6.45, 7) is 0.697. The number of aryl methyl sites for hydroxylation is 2. The number of imide groups is 1. The molecule has 1 aromatic carbocycles. The first-order valence-electron chi connectivity index (χ1n) is 6.44. The van der Waals surface area contributed by atoms with Crippen LogP contribution in [0.25, 0.3) is 10.9 Å². The third kappa shape index (κ3) is 1.30. The Morgan fingerprint density at radius 3 is 2.90 bits per heavy atom. The number of nitrogens with one attached hydrogen (secondary N) is 1. The monoisotopic (exact) mass is 269 g/mol. The minimum Gasteiger partial charge on any atom is -0.494 e. The van der Waals surface area contributed by atoms with Crippen LogP contribution in [0.3, 0.4) is 0 Å². The molecule has 6 nitrogen and oxygen atoms in total. The highest BCUT2D eigenvalue weighted by atomic mass is 16.3. The molecule has 4 rings (SSSR count). The first-order valence-corrected chi connectivity index (χ1v) is 6.44. The van der Waals surface area contributed by atoms with Crippen molar-refractivity contribution in [2.75, 3.05) is 0 Å². The van der Waals surface area contributed by atoms with E-state index < -0.39 is 11.9 Å². The average molecular weight is 269 g/mol. The molecule has 0 saturated carbocycles. The van der Waals surface area contributed by atoms with E-state index in [0.29, 0.717) is 12.1 Å². The predicted octanol–water partition coefficient (Wildman–Crippen LogP) is 1.33. The van der Waals surface area contributed by atoms with Crippen molar-refractivity contribution < 1.29 is 14.7 Å². The molecule has 2 aliphatic heterocycles. The summed E-state index contributed by atoms with van der Waals surface area (Å²) in [5.41, 5.74) is 2.42. The normalized spacial score (nSPS) is 17.5. The Bertz CT molecular complexity index is 817. The molecule has 0 bridgehead atoms. The Balaban J connectivity index is 2.09. The number of aromatic nitrogens is 1. The Labute approximate surface area is 113 Å². The van der Waals surface area contributed by atoms with Crippen molar-refractivity contribution in [3.63, 3.8) is 0 Å². The van der Waals surface area contributed by atoms with Gasteiger partial charge in [0.15, 0.2) is 0 Å². The van der Waals surface area contributed by atoms with E-state index in [2.05, 4.69) is 10.3 Å². The van der Waals surface area contributed by atoms with E-state index in [1.54, 1.807) is 4.57 Å². The number of aromatic hydroxyl groups is 1. The van der Waals surface area contributed by atoms with Gasteiger partial charge in [-0.05, 0) is 18.4 Å². The van der Waals surface area contributed by atoms with Crippen molar-refractivity contribution in [1.29, 1.82) is 0 Å². The largest absolute Gasteiger partial charge is 0.494 e. The smallest absolute Gasteiger partial charge is 0.348 e. The second kappa shape index (κ2) is 3.69. The van der Waals surface area contributed by atoms with Crippen LogP contribution in [-0.4, -0.2) is 27.3 Å². The SMILES string of the molecule is O=C1N=C(c2c(O)n3c4c(cccc24)CCC3)C(=O)N1. The lowest BCUT2D eigenvalue weighted by Gasteiger charge is -2.15. The third-order valence-electron chi connectivity index (χ3n) is 3.85. The second-order valence-corrected chi connectivity index (χ2v) is 4.99. The number of aliphatic imine (C=N–C) groups is 1. The van der Waals surface area contributed by atoms with Crippen LogP contribution < -0.4 is 5.32 Å². The van der Waals surface area contributed by atoms with Gasteiger partial charge in [-0.25, -0.2) is 4.79 Å². The predicted molar refractivity (Wildman–Crippen MR) is 72.0 cm³/mol. The van der Waals surface area contributed by atoms with Crippen LogP contribution in [0.1, 0.15) is 17.5 Å². The number of urea groups is 1. The summed E-state index contributed by atoms with van der Waals surface area (Å²) in [6.07, 6.45) is 1.88. The summed E-state index contributed by atoms with van der Waals surface area (Å²) >= 11 is 0. The molecule has 2 aliphatic rings. The van der Waals surface area contributed by atoms with Gasteiger partial charge in [0.25, 0.3) is 5.91 Å². The minimum atomic E-state index is -0.684. The van der Waals surface area contributed by atoms with Crippen molar-refractivity contribution in [3.8, 4) is 5.88 Å². The fourth-order valence-corrected chi connectivity index (χ4v) is 3.06. The van der Waals surface area contributed by atoms with Crippen LogP contribution in [0.2, 0.25) is 0 Å². The third-order valence-corrected chi connectivity index (χ3v) is 3.85. The van der Waals surface area contributed by atoms with Crippen molar-refractivity contribution >= 4 is 28.6 Å². The zero-order valence-corrected chi connectivity index (χ0v) is 10.5. The fraction of sp³-hybridized carbons (Fsp3) is 0.214. The van der Waals surface area contributed by atoms with Gasteiger partial charge in [0.1, 0.15) is 5.71 Å². The average Bonchev–Trinajstić information content (AvgIpc) is 2.90. The zero-order chi connectivity index (χ0) is 13.9. The lowest BCUT2D eigenvalue weighted by atomic mass is 10.0. The minimum absolute atomic E-state index is 0.00435. The lowest BCUT2D eigenvalue weighted by Crippen LogP contribution is -2.25. The summed E-state index contributed by atoms with van der Waals surface area (Å²) in [4.78, 5) is 26.7. The number of rotatable bonds is 1. The van der Waals surface area contributed by atoms with Gasteiger partial charge in [0, 0.05) is 11.9 Å². The Morgan fingerprint density at radius 1 is 1.30 bits per heavy atom. The highest BCUT2D eigenvalue weighted by molar-refractivity contribution is 6.53. The van der Waals surface area contributed by atoms with E-state index in [1.165, 1.54) is 0 Å². The van der Waals surface area contributed by atoms with Crippen molar-refractivity contribution in [2.45, 2.75) is 19.4 Å². The van der Waals surface area contributed by atoms with Crippen LogP contribution in [-0.2, 0) is 17.8 Å². The van der Waals surface area contributed by atoms with E-state index in [0.717, 1.165) is 29.3 Å². The lowest BCUT2D eigenvalue weighted by molar-refractivity contribution is -0.113. The molecule has 3 amide bonds. The molecule has 100 valence electrons. The molecule has 0 spiro atoms. The maximum absolute atomic E-state index is 11.8. The number of carbonyl (C=O) groups is 2. The van der Waals surface area contributed by atoms with E-state index in [1.807, 2.05) is 18.2 Å². The van der Waals surface area contributed by atoms with Gasteiger partial charge in [-0.1, -0.05) is 18.2 Å². The first kappa shape index (κ1) is 11.2. The highest BCUT2D eigenvalue weighted by Gasteiger charge is 2.32. The van der Waals surface area contributed by atoms with E-state index in [-0.39, 0.29) is 11.6 Å². The van der Waals surface area contributed by atoms with Crippen LogP contribution in [0.5, 0.6) is 5.88 Å². The number of amides is 3. The summed E-state index contributed by atoms with van der Waals surface area (Å²) in [6, 6.07) is 5.07. The molecule has 2 aromatic rings. The Hall–Kier alpha value is -2.63. The topological polar surface area (TPSA) is 83.7 Å². The molecule has 0 atom stereocenters. The molecule has 0 aliphatic carbocycles. The number of para-hydroxylation sites is 1. The fourth-order valence-electron chi connectivity index (χ4n) is 3.06. The van der Waals surface area contributed by atoms with E-state index >= 15 is 0 Å². The number of hydrogen-bond acceptors (Lipinski definition) is 3. The summed E-state index contributed by atoms with van der Waals surface area (Å²) in [7, 11) is 0. The number of carbonyl (C=O) groups excluding carboxylic acids is 2. The summed E-state index contributed by atoms with van der Waals surface area (Å²) in [5, 5.41) is 13.3.